The first kappa shape index (κ1) is 18.9. The summed E-state index contributed by atoms with van der Waals surface area (Å²) in [5.74, 6) is -0.495. The zero-order chi connectivity index (χ0) is 19.8. The maximum absolute atomic E-state index is 12.6. The van der Waals surface area contributed by atoms with Crippen molar-refractivity contribution in [3.05, 3.63) is 53.6 Å². The van der Waals surface area contributed by atoms with E-state index in [2.05, 4.69) is 10.6 Å². The van der Waals surface area contributed by atoms with Crippen molar-refractivity contribution in [3.8, 4) is 0 Å². The first-order chi connectivity index (χ1) is 12.6. The van der Waals surface area contributed by atoms with Crippen LogP contribution in [0.2, 0.25) is 0 Å². The fraction of sp³-hybridized carbons (Fsp3) is 0.263. The van der Waals surface area contributed by atoms with Crippen molar-refractivity contribution in [2.75, 3.05) is 21.2 Å². The van der Waals surface area contributed by atoms with Gasteiger partial charge < -0.3 is 10.6 Å². The first-order valence-electron chi connectivity index (χ1n) is 8.46. The number of amides is 2. The second kappa shape index (κ2) is 7.03. The molecule has 8 heteroatoms. The number of nitrogens with one attached hydrogen (secondary N) is 2. The van der Waals surface area contributed by atoms with E-state index in [4.69, 9.17) is 0 Å². The summed E-state index contributed by atoms with van der Waals surface area (Å²) in [4.78, 5) is 23.7. The molecule has 0 saturated carbocycles. The molecule has 2 aromatic rings. The van der Waals surface area contributed by atoms with Crippen LogP contribution < -0.4 is 14.9 Å². The predicted molar refractivity (Wildman–Crippen MR) is 106 cm³/mol. The van der Waals surface area contributed by atoms with E-state index in [1.54, 1.807) is 42.5 Å². The van der Waals surface area contributed by atoms with E-state index in [9.17, 15) is 18.0 Å². The Bertz CT molecular complexity index is 1020. The molecule has 0 aromatic heterocycles. The minimum absolute atomic E-state index is 0.178. The lowest BCUT2D eigenvalue weighted by molar-refractivity contribution is -0.114. The molecule has 0 bridgehead atoms. The van der Waals surface area contributed by atoms with Crippen LogP contribution in [0.1, 0.15) is 29.8 Å². The second-order valence-corrected chi connectivity index (χ2v) is 8.53. The lowest BCUT2D eigenvalue weighted by atomic mass is 10.1. The smallest absolute Gasteiger partial charge is 0.255 e. The van der Waals surface area contributed by atoms with Crippen molar-refractivity contribution in [2.45, 2.75) is 26.3 Å². The largest absolute Gasteiger partial charge is 0.326 e. The van der Waals surface area contributed by atoms with Crippen molar-refractivity contribution in [3.63, 3.8) is 0 Å². The topological polar surface area (TPSA) is 95.6 Å². The Hall–Kier alpha value is -2.87. The Labute approximate surface area is 158 Å². The highest BCUT2D eigenvalue weighted by atomic mass is 32.2. The number of benzene rings is 2. The maximum Gasteiger partial charge on any atom is 0.255 e. The fourth-order valence-electron chi connectivity index (χ4n) is 3.33. The van der Waals surface area contributed by atoms with Crippen LogP contribution in [0, 0.1) is 0 Å². The van der Waals surface area contributed by atoms with Gasteiger partial charge >= 0.3 is 0 Å². The Morgan fingerprint density at radius 2 is 1.74 bits per heavy atom. The number of rotatable bonds is 4. The molecule has 1 aliphatic heterocycles. The van der Waals surface area contributed by atoms with E-state index in [-0.39, 0.29) is 17.9 Å². The number of carbonyl (C=O) groups excluding carboxylic acids is 2. The summed E-state index contributed by atoms with van der Waals surface area (Å²) >= 11 is 0. The van der Waals surface area contributed by atoms with Crippen molar-refractivity contribution < 1.29 is 18.0 Å². The van der Waals surface area contributed by atoms with Gasteiger partial charge in [-0.1, -0.05) is 6.07 Å². The van der Waals surface area contributed by atoms with Crippen LogP contribution in [0.25, 0.3) is 0 Å². The molecule has 1 aliphatic rings. The number of hydrogen-bond donors (Lipinski definition) is 2. The summed E-state index contributed by atoms with van der Waals surface area (Å²) in [7, 11) is -3.36. The van der Waals surface area contributed by atoms with Gasteiger partial charge in [0.2, 0.25) is 15.9 Å². The third-order valence-corrected chi connectivity index (χ3v) is 5.56. The molecule has 142 valence electrons. The predicted octanol–water partition coefficient (Wildman–Crippen LogP) is 2.61. The standard InChI is InChI=1S/C19H21N3O4S/c1-12-9-15-10-14(7-8-18(15)22(12)27(3,25)26)19(24)21-17-6-4-5-16(11-17)20-13(2)23/h4-8,10-12H,9H2,1-3H3,(H,20,23)(H,21,24)/t12-/m1/s1. The highest BCUT2D eigenvalue weighted by Crippen LogP contribution is 2.34. The molecule has 0 fully saturated rings. The summed E-state index contributed by atoms with van der Waals surface area (Å²) in [5.41, 5.74) is 3.03. The van der Waals surface area contributed by atoms with E-state index in [0.29, 0.717) is 29.0 Å². The molecular weight excluding hydrogens is 366 g/mol. The molecule has 0 spiro atoms. The minimum atomic E-state index is -3.36. The Balaban J connectivity index is 1.82. The molecule has 0 saturated heterocycles. The van der Waals surface area contributed by atoms with Gasteiger partial charge in [-0.05, 0) is 55.3 Å². The van der Waals surface area contributed by atoms with E-state index in [1.807, 2.05) is 6.92 Å². The third kappa shape index (κ3) is 4.11. The number of carbonyl (C=O) groups is 2. The van der Waals surface area contributed by atoms with Crippen LogP contribution in [-0.4, -0.2) is 32.5 Å². The summed E-state index contributed by atoms with van der Waals surface area (Å²) in [6, 6.07) is 11.7. The number of fused-ring (bicyclic) bond motifs is 1. The summed E-state index contributed by atoms with van der Waals surface area (Å²) < 4.78 is 25.4. The lowest BCUT2D eigenvalue weighted by Crippen LogP contribution is -2.34. The van der Waals surface area contributed by atoms with Crippen LogP contribution in [0.15, 0.2) is 42.5 Å². The second-order valence-electron chi connectivity index (χ2n) is 6.67. The third-order valence-electron chi connectivity index (χ3n) is 4.29. The first-order valence-corrected chi connectivity index (χ1v) is 10.3. The van der Waals surface area contributed by atoms with Crippen LogP contribution >= 0.6 is 0 Å². The van der Waals surface area contributed by atoms with Crippen LogP contribution in [0.5, 0.6) is 0 Å². The van der Waals surface area contributed by atoms with Gasteiger partial charge in [0.1, 0.15) is 0 Å². The van der Waals surface area contributed by atoms with Crippen molar-refractivity contribution in [1.82, 2.24) is 0 Å². The van der Waals surface area contributed by atoms with Gasteiger partial charge in [0.25, 0.3) is 5.91 Å². The van der Waals surface area contributed by atoms with E-state index >= 15 is 0 Å². The highest BCUT2D eigenvalue weighted by Gasteiger charge is 2.32. The van der Waals surface area contributed by atoms with Crippen LogP contribution in [0.3, 0.4) is 0 Å². The number of sulfonamides is 1. The molecule has 2 aromatic carbocycles. The monoisotopic (exact) mass is 387 g/mol. The number of anilines is 3. The average molecular weight is 387 g/mol. The maximum atomic E-state index is 12.6. The molecule has 1 heterocycles. The molecule has 2 N–H and O–H groups in total. The van der Waals surface area contributed by atoms with Gasteiger partial charge in [0.15, 0.2) is 0 Å². The van der Waals surface area contributed by atoms with Gasteiger partial charge in [-0.15, -0.1) is 0 Å². The van der Waals surface area contributed by atoms with Crippen molar-refractivity contribution in [1.29, 1.82) is 0 Å². The van der Waals surface area contributed by atoms with Crippen LogP contribution in [-0.2, 0) is 21.2 Å². The highest BCUT2D eigenvalue weighted by molar-refractivity contribution is 7.92. The molecule has 1 atom stereocenters. The molecular formula is C19H21N3O4S. The van der Waals surface area contributed by atoms with Crippen molar-refractivity contribution in [2.24, 2.45) is 0 Å². The normalized spacial score (nSPS) is 16.0. The van der Waals surface area contributed by atoms with E-state index in [1.165, 1.54) is 17.5 Å². The zero-order valence-electron chi connectivity index (χ0n) is 15.3. The molecule has 3 rings (SSSR count). The van der Waals surface area contributed by atoms with E-state index in [0.717, 1.165) is 5.56 Å². The summed E-state index contributed by atoms with van der Waals surface area (Å²) in [6.45, 7) is 3.25. The summed E-state index contributed by atoms with van der Waals surface area (Å²) in [6.07, 6.45) is 1.74. The van der Waals surface area contributed by atoms with Gasteiger partial charge in [0, 0.05) is 29.9 Å². The average Bonchev–Trinajstić information content (AvgIpc) is 2.89. The minimum Gasteiger partial charge on any atom is -0.326 e. The molecule has 0 radical (unpaired) electrons. The molecule has 0 aliphatic carbocycles. The zero-order valence-corrected chi connectivity index (χ0v) is 16.1. The number of nitrogens with zero attached hydrogens (tertiary/aromatic N) is 1. The SMILES string of the molecule is CC(=O)Nc1cccc(NC(=O)c2ccc3c(c2)C[C@@H](C)N3S(C)(=O)=O)c1. The Kier molecular flexibility index (Phi) is 4.93. The Morgan fingerprint density at radius 1 is 1.07 bits per heavy atom. The lowest BCUT2D eigenvalue weighted by Gasteiger charge is -2.21. The molecule has 7 nitrogen and oxygen atoms in total. The van der Waals surface area contributed by atoms with Gasteiger partial charge in [-0.25, -0.2) is 8.42 Å². The van der Waals surface area contributed by atoms with Gasteiger partial charge in [-0.3, -0.25) is 13.9 Å². The fourth-order valence-corrected chi connectivity index (χ4v) is 4.59. The van der Waals surface area contributed by atoms with E-state index < -0.39 is 10.0 Å². The van der Waals surface area contributed by atoms with Crippen molar-refractivity contribution >= 4 is 38.9 Å². The van der Waals surface area contributed by atoms with Gasteiger partial charge in [0.05, 0.1) is 11.9 Å². The van der Waals surface area contributed by atoms with Gasteiger partial charge in [-0.2, -0.15) is 0 Å². The number of hydrogen-bond acceptors (Lipinski definition) is 4. The van der Waals surface area contributed by atoms with Crippen LogP contribution in [0.4, 0.5) is 17.1 Å². The summed E-state index contributed by atoms with van der Waals surface area (Å²) in [5, 5.41) is 5.46. The Morgan fingerprint density at radius 3 is 2.37 bits per heavy atom. The molecule has 0 unspecified atom stereocenters. The molecule has 27 heavy (non-hydrogen) atoms. The molecule has 2 amide bonds. The quantitative estimate of drug-likeness (QED) is 0.843.